The molecule has 1 aromatic heterocycles. The standard InChI is InChI=1S/C18H22N4O2/c1-24-14-4-2-13(3-5-14)16-15(12-20-21-16)17(23)22-10-7-18(8-11-22)6-9-19-18/h2-5,12,19H,6-11H2,1H3,(H,20,21). The molecule has 0 aliphatic carbocycles. The van der Waals surface area contributed by atoms with Gasteiger partial charge in [0.05, 0.1) is 24.6 Å². The fourth-order valence-electron chi connectivity index (χ4n) is 3.64. The fourth-order valence-corrected chi connectivity index (χ4v) is 3.64. The van der Waals surface area contributed by atoms with E-state index in [1.54, 1.807) is 13.3 Å². The summed E-state index contributed by atoms with van der Waals surface area (Å²) in [5, 5.41) is 10.6. The number of nitrogens with one attached hydrogen (secondary N) is 2. The summed E-state index contributed by atoms with van der Waals surface area (Å²) in [6, 6.07) is 7.65. The largest absolute Gasteiger partial charge is 0.497 e. The maximum absolute atomic E-state index is 12.9. The van der Waals surface area contributed by atoms with Crippen molar-refractivity contribution in [3.05, 3.63) is 36.0 Å². The van der Waals surface area contributed by atoms with Gasteiger partial charge in [-0.3, -0.25) is 9.89 Å². The second-order valence-electron chi connectivity index (χ2n) is 6.64. The third kappa shape index (κ3) is 2.57. The number of rotatable bonds is 3. The van der Waals surface area contributed by atoms with Gasteiger partial charge in [-0.1, -0.05) is 0 Å². The third-order valence-electron chi connectivity index (χ3n) is 5.36. The molecule has 2 saturated heterocycles. The molecule has 24 heavy (non-hydrogen) atoms. The molecule has 0 atom stereocenters. The van der Waals surface area contributed by atoms with Gasteiger partial charge in [0, 0.05) is 24.2 Å². The highest BCUT2D eigenvalue weighted by atomic mass is 16.5. The number of ether oxygens (including phenoxy) is 1. The number of benzene rings is 1. The summed E-state index contributed by atoms with van der Waals surface area (Å²) in [4.78, 5) is 14.9. The normalized spacial score (nSPS) is 19.1. The van der Waals surface area contributed by atoms with E-state index in [0.29, 0.717) is 11.1 Å². The molecule has 2 aliphatic rings. The van der Waals surface area contributed by atoms with Crippen LogP contribution in [0.25, 0.3) is 11.3 Å². The molecule has 0 radical (unpaired) electrons. The smallest absolute Gasteiger partial charge is 0.257 e. The highest BCUT2D eigenvalue weighted by Crippen LogP contribution is 2.32. The lowest BCUT2D eigenvalue weighted by molar-refractivity contribution is 0.0541. The Kier molecular flexibility index (Phi) is 3.76. The van der Waals surface area contributed by atoms with Crippen LogP contribution in [0.2, 0.25) is 0 Å². The maximum atomic E-state index is 12.9. The molecule has 6 nitrogen and oxygen atoms in total. The van der Waals surface area contributed by atoms with E-state index in [2.05, 4.69) is 15.5 Å². The second-order valence-corrected chi connectivity index (χ2v) is 6.64. The minimum absolute atomic E-state index is 0.0590. The molecular weight excluding hydrogens is 304 g/mol. The SMILES string of the molecule is COc1ccc(-c2[nH]ncc2C(=O)N2CCC3(CCN3)CC2)cc1. The molecule has 3 heterocycles. The zero-order valence-electron chi connectivity index (χ0n) is 13.8. The first kappa shape index (κ1) is 15.2. The summed E-state index contributed by atoms with van der Waals surface area (Å²) in [7, 11) is 1.64. The number of aromatic amines is 1. The number of nitrogens with zero attached hydrogens (tertiary/aromatic N) is 2. The van der Waals surface area contributed by atoms with Gasteiger partial charge in [0.2, 0.25) is 0 Å². The minimum atomic E-state index is 0.0590. The zero-order valence-corrected chi connectivity index (χ0v) is 13.8. The summed E-state index contributed by atoms with van der Waals surface area (Å²) >= 11 is 0. The van der Waals surface area contributed by atoms with E-state index >= 15 is 0 Å². The number of hydrogen-bond donors (Lipinski definition) is 2. The van der Waals surface area contributed by atoms with Gasteiger partial charge in [-0.05, 0) is 50.1 Å². The van der Waals surface area contributed by atoms with Gasteiger partial charge in [0.15, 0.2) is 0 Å². The number of likely N-dealkylation sites (tertiary alicyclic amines) is 1. The highest BCUT2D eigenvalue weighted by Gasteiger charge is 2.40. The van der Waals surface area contributed by atoms with Crippen LogP contribution in [0.3, 0.4) is 0 Å². The molecule has 126 valence electrons. The summed E-state index contributed by atoms with van der Waals surface area (Å²) in [6.07, 6.45) is 4.94. The third-order valence-corrected chi connectivity index (χ3v) is 5.36. The number of piperidine rings is 1. The van der Waals surface area contributed by atoms with Crippen molar-refractivity contribution in [1.29, 1.82) is 0 Å². The Morgan fingerprint density at radius 3 is 2.50 bits per heavy atom. The average molecular weight is 326 g/mol. The van der Waals surface area contributed by atoms with Crippen LogP contribution in [0.1, 0.15) is 29.6 Å². The Morgan fingerprint density at radius 1 is 1.21 bits per heavy atom. The van der Waals surface area contributed by atoms with E-state index in [1.807, 2.05) is 29.2 Å². The molecule has 0 unspecified atom stereocenters. The van der Waals surface area contributed by atoms with Crippen molar-refractivity contribution in [3.8, 4) is 17.0 Å². The number of H-pyrrole nitrogens is 1. The van der Waals surface area contributed by atoms with Crippen LogP contribution in [0.15, 0.2) is 30.5 Å². The first-order valence-electron chi connectivity index (χ1n) is 8.43. The van der Waals surface area contributed by atoms with Crippen molar-refractivity contribution in [3.63, 3.8) is 0 Å². The van der Waals surface area contributed by atoms with Crippen LogP contribution < -0.4 is 10.1 Å². The van der Waals surface area contributed by atoms with E-state index in [4.69, 9.17) is 4.74 Å². The molecule has 1 amide bonds. The lowest BCUT2D eigenvalue weighted by atomic mass is 9.79. The predicted molar refractivity (Wildman–Crippen MR) is 91.1 cm³/mol. The molecule has 2 fully saturated rings. The maximum Gasteiger partial charge on any atom is 0.257 e. The quantitative estimate of drug-likeness (QED) is 0.906. The number of methoxy groups -OCH3 is 1. The van der Waals surface area contributed by atoms with E-state index < -0.39 is 0 Å². The lowest BCUT2D eigenvalue weighted by Gasteiger charge is -2.48. The summed E-state index contributed by atoms with van der Waals surface area (Å²) in [6.45, 7) is 2.72. The molecule has 6 heteroatoms. The summed E-state index contributed by atoms with van der Waals surface area (Å²) in [5.74, 6) is 0.851. The second kappa shape index (κ2) is 5.94. The Hall–Kier alpha value is -2.34. The summed E-state index contributed by atoms with van der Waals surface area (Å²) < 4.78 is 5.19. The van der Waals surface area contributed by atoms with Crippen molar-refractivity contribution < 1.29 is 9.53 Å². The average Bonchev–Trinajstić information content (AvgIpc) is 3.09. The predicted octanol–water partition coefficient (Wildman–Crippen LogP) is 2.05. The van der Waals surface area contributed by atoms with Crippen LogP contribution >= 0.6 is 0 Å². The molecule has 0 bridgehead atoms. The molecule has 0 saturated carbocycles. The van der Waals surface area contributed by atoms with Gasteiger partial charge in [-0.25, -0.2) is 0 Å². The van der Waals surface area contributed by atoms with Crippen LogP contribution in [0, 0.1) is 0 Å². The van der Waals surface area contributed by atoms with Gasteiger partial charge >= 0.3 is 0 Å². The molecule has 2 aromatic rings. The van der Waals surface area contributed by atoms with Gasteiger partial charge in [-0.15, -0.1) is 0 Å². The topological polar surface area (TPSA) is 70.2 Å². The molecule has 2 N–H and O–H groups in total. The number of carbonyl (C=O) groups is 1. The zero-order chi connectivity index (χ0) is 16.6. The van der Waals surface area contributed by atoms with Crippen molar-refractivity contribution >= 4 is 5.91 Å². The van der Waals surface area contributed by atoms with Crippen molar-refractivity contribution in [2.75, 3.05) is 26.7 Å². The first-order chi connectivity index (χ1) is 11.7. The summed E-state index contributed by atoms with van der Waals surface area (Å²) in [5.41, 5.74) is 2.64. The molecule has 1 spiro atoms. The molecule has 4 rings (SSSR count). The Morgan fingerprint density at radius 2 is 1.92 bits per heavy atom. The monoisotopic (exact) mass is 326 g/mol. The number of amides is 1. The van der Waals surface area contributed by atoms with E-state index in [9.17, 15) is 4.79 Å². The van der Waals surface area contributed by atoms with E-state index in [0.717, 1.165) is 49.5 Å². The number of carbonyl (C=O) groups excluding carboxylic acids is 1. The van der Waals surface area contributed by atoms with Gasteiger partial charge in [0.25, 0.3) is 5.91 Å². The minimum Gasteiger partial charge on any atom is -0.497 e. The molecular formula is C18H22N4O2. The van der Waals surface area contributed by atoms with Crippen LogP contribution in [-0.2, 0) is 0 Å². The van der Waals surface area contributed by atoms with Crippen molar-refractivity contribution in [2.45, 2.75) is 24.8 Å². The lowest BCUT2D eigenvalue weighted by Crippen LogP contribution is -2.62. The van der Waals surface area contributed by atoms with Crippen LogP contribution in [0.5, 0.6) is 5.75 Å². The Labute approximate surface area is 141 Å². The van der Waals surface area contributed by atoms with Crippen molar-refractivity contribution in [1.82, 2.24) is 20.4 Å². The fraction of sp³-hybridized carbons (Fsp3) is 0.444. The number of hydrogen-bond acceptors (Lipinski definition) is 4. The van der Waals surface area contributed by atoms with Gasteiger partial charge in [-0.2, -0.15) is 5.10 Å². The van der Waals surface area contributed by atoms with Crippen LogP contribution in [0.4, 0.5) is 0 Å². The van der Waals surface area contributed by atoms with E-state index in [1.165, 1.54) is 6.42 Å². The highest BCUT2D eigenvalue weighted by molar-refractivity contribution is 5.99. The van der Waals surface area contributed by atoms with Crippen molar-refractivity contribution in [2.24, 2.45) is 0 Å². The molecule has 2 aliphatic heterocycles. The Balaban J connectivity index is 1.52. The van der Waals surface area contributed by atoms with E-state index in [-0.39, 0.29) is 5.91 Å². The molecule has 1 aromatic carbocycles. The van der Waals surface area contributed by atoms with Crippen LogP contribution in [-0.4, -0.2) is 53.3 Å². The first-order valence-corrected chi connectivity index (χ1v) is 8.43. The number of aromatic nitrogens is 2. The van der Waals surface area contributed by atoms with Gasteiger partial charge in [0.1, 0.15) is 5.75 Å². The Bertz CT molecular complexity index is 724. The van der Waals surface area contributed by atoms with Gasteiger partial charge < -0.3 is 15.0 Å².